The second-order valence-corrected chi connectivity index (χ2v) is 15.8. The summed E-state index contributed by atoms with van der Waals surface area (Å²) in [6.45, 7) is 5.38. The third kappa shape index (κ3) is 5.50. The van der Waals surface area contributed by atoms with Gasteiger partial charge in [0, 0.05) is 17.7 Å². The van der Waals surface area contributed by atoms with Gasteiger partial charge in [-0.25, -0.2) is 0 Å². The molecule has 8 N–H and O–H groups in total. The van der Waals surface area contributed by atoms with E-state index in [0.29, 0.717) is 23.3 Å². The highest BCUT2D eigenvalue weighted by molar-refractivity contribution is 7.59. The van der Waals surface area contributed by atoms with E-state index in [-0.39, 0.29) is 24.0 Å². The van der Waals surface area contributed by atoms with Gasteiger partial charge in [-0.3, -0.25) is 23.8 Å². The summed E-state index contributed by atoms with van der Waals surface area (Å²) in [5.41, 5.74) is 1.48. The maximum Gasteiger partial charge on any atom is 0.255 e. The van der Waals surface area contributed by atoms with Gasteiger partial charge in [0.15, 0.2) is 11.4 Å². The number of primary amides is 1. The number of nitrogens with one attached hydrogen (secondary N) is 1. The summed E-state index contributed by atoms with van der Waals surface area (Å²) >= 11 is 0. The Hall–Kier alpha value is -4.20. The van der Waals surface area contributed by atoms with E-state index >= 15 is 0 Å². The molecule has 2 unspecified atom stereocenters. The van der Waals surface area contributed by atoms with Gasteiger partial charge in [0.2, 0.25) is 13.2 Å². The Bertz CT molecular complexity index is 1830. The molecule has 2 aromatic carbocycles. The number of phenols is 1. The number of rotatable bonds is 11. The maximum atomic E-state index is 14.4. The Labute approximate surface area is 289 Å². The average molecular weight is 714 g/mol. The fraction of sp³-hybridized carbons (Fsp3) is 0.457. The van der Waals surface area contributed by atoms with Crippen molar-refractivity contribution in [2.24, 2.45) is 17.6 Å². The van der Waals surface area contributed by atoms with E-state index in [0.717, 1.165) is 0 Å². The molecule has 3 aliphatic rings. The molecule has 5 rings (SSSR count). The number of likely N-dealkylation sites (N-methyl/N-ethyl adjacent to an activating group) is 1. The van der Waals surface area contributed by atoms with Crippen LogP contribution in [0.1, 0.15) is 60.4 Å². The lowest BCUT2D eigenvalue weighted by atomic mass is 9.55. The largest absolute Gasteiger partial charge is 0.510 e. The number of nitrogens with two attached hydrogens (primary N) is 1. The third-order valence-electron chi connectivity index (χ3n) is 10.1. The Morgan fingerprint density at radius 3 is 2.28 bits per heavy atom. The zero-order valence-electron chi connectivity index (χ0n) is 28.7. The summed E-state index contributed by atoms with van der Waals surface area (Å²) < 4.78 is 25.5. The van der Waals surface area contributed by atoms with Crippen LogP contribution in [0.2, 0.25) is 0 Å². The van der Waals surface area contributed by atoms with E-state index in [4.69, 9.17) is 15.0 Å². The Balaban J connectivity index is 1.68. The number of methoxy groups -OCH3 is 1. The first-order chi connectivity index (χ1) is 23.5. The number of aliphatic hydroxyl groups is 4. The lowest BCUT2D eigenvalue weighted by Crippen LogP contribution is -2.68. The minimum atomic E-state index is -3.49. The highest BCUT2D eigenvalue weighted by Crippen LogP contribution is 2.61. The molecule has 0 bridgehead atoms. The van der Waals surface area contributed by atoms with E-state index in [1.54, 1.807) is 44.2 Å². The van der Waals surface area contributed by atoms with E-state index < -0.39 is 94.5 Å². The predicted molar refractivity (Wildman–Crippen MR) is 184 cm³/mol. The normalized spacial score (nSPS) is 28.1. The molecular formula is C35H44N3O11P. The average Bonchev–Trinajstić information content (AvgIpc) is 3.06. The van der Waals surface area contributed by atoms with Crippen LogP contribution in [-0.2, 0) is 18.7 Å². The molecule has 0 radical (unpaired) electrons. The van der Waals surface area contributed by atoms with Crippen molar-refractivity contribution >= 4 is 30.5 Å². The van der Waals surface area contributed by atoms with Crippen molar-refractivity contribution in [2.75, 3.05) is 39.3 Å². The fourth-order valence-electron chi connectivity index (χ4n) is 7.88. The van der Waals surface area contributed by atoms with Crippen LogP contribution in [0.5, 0.6) is 11.5 Å². The van der Waals surface area contributed by atoms with Gasteiger partial charge in [-0.05, 0) is 62.7 Å². The standard InChI is InChI=1S/C35H44N3O11P/c1-7-15-50(47,49-8-2)34(17-9-11-18(48-6)12-10-17)37-20-14-13-19-16(3)21-23(28(40)22(19)27(20)39)31(43)35(46)25(29(21)41)26(38(4)5)30(42)24(32(35)44)33(36)45/h9-14,16,21,25-26,29,34,37,39,41-43,46H,7-8,15H2,1-6H3,(H2,36,45)/t16-,21+,25+,26-,29-,34?,35-,50?/m0/s1. The number of nitrogens with zero attached hydrogens (tertiary/aromatic N) is 1. The number of ketones is 2. The number of hydrogen-bond acceptors (Lipinski definition) is 13. The summed E-state index contributed by atoms with van der Waals surface area (Å²) in [7, 11) is 0.968. The second-order valence-electron chi connectivity index (χ2n) is 13.2. The molecule has 270 valence electrons. The molecule has 0 saturated carbocycles. The summed E-state index contributed by atoms with van der Waals surface area (Å²) in [5, 5.41) is 61.4. The smallest absolute Gasteiger partial charge is 0.255 e. The molecule has 0 saturated heterocycles. The van der Waals surface area contributed by atoms with Crippen LogP contribution >= 0.6 is 7.37 Å². The number of aliphatic hydroxyl groups excluding tert-OH is 3. The minimum Gasteiger partial charge on any atom is -0.510 e. The van der Waals surface area contributed by atoms with Gasteiger partial charge >= 0.3 is 0 Å². The number of ether oxygens (including phenoxy) is 1. The van der Waals surface area contributed by atoms with Gasteiger partial charge in [0.1, 0.15) is 34.4 Å². The number of fused-ring (bicyclic) bond motifs is 3. The van der Waals surface area contributed by atoms with Crippen LogP contribution in [-0.4, -0.2) is 99.6 Å². The first-order valence-corrected chi connectivity index (χ1v) is 18.2. The summed E-state index contributed by atoms with van der Waals surface area (Å²) in [6.07, 6.45) is -0.987. The highest BCUT2D eigenvalue weighted by atomic mass is 31.2. The van der Waals surface area contributed by atoms with Gasteiger partial charge in [-0.2, -0.15) is 0 Å². The minimum absolute atomic E-state index is 0.0120. The molecule has 0 spiro atoms. The van der Waals surface area contributed by atoms with Crippen molar-refractivity contribution < 1.29 is 53.7 Å². The molecule has 0 heterocycles. The first-order valence-electron chi connectivity index (χ1n) is 16.3. The molecule has 1 amide bonds. The first kappa shape index (κ1) is 37.1. The number of anilines is 1. The Morgan fingerprint density at radius 1 is 1.10 bits per heavy atom. The molecular weight excluding hydrogens is 669 g/mol. The third-order valence-corrected chi connectivity index (χ3v) is 13.1. The molecule has 0 aliphatic heterocycles. The topological polar surface area (TPSA) is 229 Å². The lowest BCUT2D eigenvalue weighted by molar-refractivity contribution is -0.162. The van der Waals surface area contributed by atoms with Gasteiger partial charge in [-0.15, -0.1) is 0 Å². The lowest BCUT2D eigenvalue weighted by Gasteiger charge is -2.53. The molecule has 3 aliphatic carbocycles. The number of carbonyl (C=O) groups excluding carboxylic acids is 3. The number of aromatic hydroxyl groups is 1. The Morgan fingerprint density at radius 2 is 1.74 bits per heavy atom. The van der Waals surface area contributed by atoms with Crippen molar-refractivity contribution in [1.29, 1.82) is 0 Å². The second kappa shape index (κ2) is 13.5. The monoisotopic (exact) mass is 713 g/mol. The zero-order chi connectivity index (χ0) is 37.0. The number of carbonyl (C=O) groups is 3. The van der Waals surface area contributed by atoms with E-state index in [2.05, 4.69) is 5.32 Å². The molecule has 0 fully saturated rings. The molecule has 14 nitrogen and oxygen atoms in total. The quantitative estimate of drug-likeness (QED) is 0.101. The van der Waals surface area contributed by atoms with Gasteiger partial charge in [0.05, 0.1) is 43.0 Å². The van der Waals surface area contributed by atoms with Crippen molar-refractivity contribution in [1.82, 2.24) is 4.90 Å². The van der Waals surface area contributed by atoms with Crippen molar-refractivity contribution in [3.8, 4) is 11.5 Å². The number of phenolic OH excluding ortho intramolecular Hbond substituents is 1. The van der Waals surface area contributed by atoms with Crippen molar-refractivity contribution in [2.45, 2.75) is 56.6 Å². The maximum absolute atomic E-state index is 14.4. The molecule has 50 heavy (non-hydrogen) atoms. The number of hydrogen-bond donors (Lipinski definition) is 7. The van der Waals surface area contributed by atoms with Gasteiger partial charge in [0.25, 0.3) is 5.91 Å². The van der Waals surface area contributed by atoms with Gasteiger partial charge < -0.3 is 45.8 Å². The van der Waals surface area contributed by atoms with E-state index in [9.17, 15) is 44.5 Å². The number of Topliss-reactive ketones (excluding diaryl/α,β-unsaturated/α-hetero) is 2. The van der Waals surface area contributed by atoms with Crippen LogP contribution in [0, 0.1) is 11.8 Å². The SMILES string of the molecule is CCCP(=O)(OCC)C(Nc1ccc2c(c1O)C(=O)C1=C(O)[C@]3(O)C(=O)C(C(N)=O)=C(O)[C@@H](N(C)C)[C@@H]3[C@@H](O)[C@@H]1[C@H]2C)c1ccc(OC)cc1. The van der Waals surface area contributed by atoms with Gasteiger partial charge in [-0.1, -0.05) is 32.0 Å². The fourth-order valence-corrected chi connectivity index (χ4v) is 10.4. The molecule has 15 heteroatoms. The molecule has 2 aromatic rings. The molecule has 0 aromatic heterocycles. The van der Waals surface area contributed by atoms with Crippen LogP contribution in [0.4, 0.5) is 5.69 Å². The summed E-state index contributed by atoms with van der Waals surface area (Å²) in [5.74, 6) is -10.3. The van der Waals surface area contributed by atoms with Crippen LogP contribution < -0.4 is 15.8 Å². The summed E-state index contributed by atoms with van der Waals surface area (Å²) in [6, 6.07) is 8.52. The van der Waals surface area contributed by atoms with Crippen LogP contribution in [0.3, 0.4) is 0 Å². The number of benzene rings is 2. The van der Waals surface area contributed by atoms with E-state index in [1.165, 1.54) is 32.2 Å². The van der Waals surface area contributed by atoms with Crippen molar-refractivity contribution in [3.05, 3.63) is 75.8 Å². The summed E-state index contributed by atoms with van der Waals surface area (Å²) in [4.78, 5) is 41.7. The number of amides is 1. The molecule has 8 atom stereocenters. The zero-order valence-corrected chi connectivity index (χ0v) is 29.6. The van der Waals surface area contributed by atoms with Crippen LogP contribution in [0.25, 0.3) is 0 Å². The highest BCUT2D eigenvalue weighted by Gasteiger charge is 2.67. The van der Waals surface area contributed by atoms with Crippen LogP contribution in [0.15, 0.2) is 59.1 Å². The Kier molecular flexibility index (Phi) is 10.0. The van der Waals surface area contributed by atoms with E-state index in [1.807, 2.05) is 6.92 Å². The van der Waals surface area contributed by atoms with Crippen molar-refractivity contribution in [3.63, 3.8) is 0 Å². The predicted octanol–water partition coefficient (Wildman–Crippen LogP) is 3.50.